The number of aliphatic carboxylic acids is 1. The maximum atomic E-state index is 10.9. The minimum atomic E-state index is -0.610. The van der Waals surface area contributed by atoms with Crippen LogP contribution >= 0.6 is 11.8 Å². The molecular formula is C9H16O2S. The van der Waals surface area contributed by atoms with Gasteiger partial charge in [-0.2, -0.15) is 11.8 Å². The van der Waals surface area contributed by atoms with E-state index in [-0.39, 0.29) is 5.92 Å². The van der Waals surface area contributed by atoms with Crippen molar-refractivity contribution in [3.8, 4) is 0 Å². The van der Waals surface area contributed by atoms with Gasteiger partial charge in [0.2, 0.25) is 0 Å². The van der Waals surface area contributed by atoms with Crippen LogP contribution in [0.5, 0.6) is 0 Å². The Hall–Kier alpha value is -0.180. The standard InChI is InChI=1S/C9H16O2S/c1-6(2)7-3-4-12-5-8(7)9(10)11/h6-8H,3-5H2,1-2H3,(H,10,11). The van der Waals surface area contributed by atoms with Crippen molar-refractivity contribution >= 4 is 17.7 Å². The van der Waals surface area contributed by atoms with Crippen LogP contribution in [-0.2, 0) is 4.79 Å². The molecule has 2 atom stereocenters. The molecule has 1 aliphatic heterocycles. The molecular weight excluding hydrogens is 172 g/mol. The molecule has 1 N–H and O–H groups in total. The van der Waals surface area contributed by atoms with E-state index in [0.29, 0.717) is 11.8 Å². The molecule has 2 unspecified atom stereocenters. The van der Waals surface area contributed by atoms with Gasteiger partial charge >= 0.3 is 5.97 Å². The normalized spacial score (nSPS) is 30.6. The first-order valence-corrected chi connectivity index (χ1v) is 5.59. The van der Waals surface area contributed by atoms with Gasteiger partial charge in [-0.05, 0) is 24.0 Å². The first-order chi connectivity index (χ1) is 5.63. The molecule has 1 rings (SSSR count). The molecule has 0 amide bonds. The highest BCUT2D eigenvalue weighted by molar-refractivity contribution is 7.99. The Morgan fingerprint density at radius 1 is 1.58 bits per heavy atom. The SMILES string of the molecule is CC(C)C1CCSCC1C(=O)O. The van der Waals surface area contributed by atoms with E-state index in [2.05, 4.69) is 13.8 Å². The van der Waals surface area contributed by atoms with Crippen molar-refractivity contribution in [2.24, 2.45) is 17.8 Å². The number of carboxylic acids is 1. The lowest BCUT2D eigenvalue weighted by Gasteiger charge is -2.30. The molecule has 0 bridgehead atoms. The van der Waals surface area contributed by atoms with E-state index in [1.165, 1.54) is 0 Å². The molecule has 0 radical (unpaired) electrons. The van der Waals surface area contributed by atoms with E-state index >= 15 is 0 Å². The van der Waals surface area contributed by atoms with Crippen LogP contribution in [0.25, 0.3) is 0 Å². The topological polar surface area (TPSA) is 37.3 Å². The molecule has 1 heterocycles. The second kappa shape index (κ2) is 4.17. The van der Waals surface area contributed by atoms with E-state index < -0.39 is 5.97 Å². The first kappa shape index (κ1) is 9.90. The number of carbonyl (C=O) groups is 1. The van der Waals surface area contributed by atoms with Crippen LogP contribution in [0, 0.1) is 17.8 Å². The Morgan fingerprint density at radius 2 is 2.25 bits per heavy atom. The van der Waals surface area contributed by atoms with Gasteiger partial charge in [-0.3, -0.25) is 4.79 Å². The van der Waals surface area contributed by atoms with E-state index in [0.717, 1.165) is 17.9 Å². The maximum absolute atomic E-state index is 10.9. The van der Waals surface area contributed by atoms with Gasteiger partial charge in [0.05, 0.1) is 5.92 Å². The van der Waals surface area contributed by atoms with Gasteiger partial charge in [0.15, 0.2) is 0 Å². The summed E-state index contributed by atoms with van der Waals surface area (Å²) in [7, 11) is 0. The first-order valence-electron chi connectivity index (χ1n) is 4.43. The number of hydrogen-bond donors (Lipinski definition) is 1. The lowest BCUT2D eigenvalue weighted by molar-refractivity contribution is -0.143. The van der Waals surface area contributed by atoms with Crippen LogP contribution < -0.4 is 0 Å². The second-order valence-electron chi connectivity index (χ2n) is 3.72. The number of hydrogen-bond acceptors (Lipinski definition) is 2. The van der Waals surface area contributed by atoms with Gasteiger partial charge in [0, 0.05) is 5.75 Å². The molecule has 70 valence electrons. The van der Waals surface area contributed by atoms with Gasteiger partial charge < -0.3 is 5.11 Å². The van der Waals surface area contributed by atoms with Crippen molar-refractivity contribution in [2.45, 2.75) is 20.3 Å². The Morgan fingerprint density at radius 3 is 2.67 bits per heavy atom. The lowest BCUT2D eigenvalue weighted by Crippen LogP contribution is -2.32. The molecule has 3 heteroatoms. The third kappa shape index (κ3) is 2.16. The zero-order valence-electron chi connectivity index (χ0n) is 7.62. The molecule has 1 aliphatic rings. The highest BCUT2D eigenvalue weighted by Crippen LogP contribution is 2.33. The Bertz CT molecular complexity index is 168. The van der Waals surface area contributed by atoms with Gasteiger partial charge in [0.1, 0.15) is 0 Å². The van der Waals surface area contributed by atoms with Gasteiger partial charge in [-0.25, -0.2) is 0 Å². The Balaban J connectivity index is 2.60. The monoisotopic (exact) mass is 188 g/mol. The summed E-state index contributed by atoms with van der Waals surface area (Å²) in [6.45, 7) is 4.24. The maximum Gasteiger partial charge on any atom is 0.307 e. The molecule has 1 saturated heterocycles. The van der Waals surface area contributed by atoms with Gasteiger partial charge in [-0.1, -0.05) is 13.8 Å². The van der Waals surface area contributed by atoms with E-state index in [9.17, 15) is 4.79 Å². The third-order valence-corrected chi connectivity index (χ3v) is 3.70. The van der Waals surface area contributed by atoms with Crippen LogP contribution in [0.3, 0.4) is 0 Å². The minimum Gasteiger partial charge on any atom is -0.481 e. The molecule has 0 saturated carbocycles. The predicted octanol–water partition coefficient (Wildman–Crippen LogP) is 2.10. The highest BCUT2D eigenvalue weighted by Gasteiger charge is 2.32. The van der Waals surface area contributed by atoms with Crippen LogP contribution in [0.15, 0.2) is 0 Å². The highest BCUT2D eigenvalue weighted by atomic mass is 32.2. The summed E-state index contributed by atoms with van der Waals surface area (Å²) in [5.74, 6) is 2.12. The Labute approximate surface area is 77.7 Å². The van der Waals surface area contributed by atoms with E-state index in [1.54, 1.807) is 11.8 Å². The molecule has 0 aromatic rings. The van der Waals surface area contributed by atoms with Crippen molar-refractivity contribution < 1.29 is 9.90 Å². The molecule has 2 nitrogen and oxygen atoms in total. The van der Waals surface area contributed by atoms with Crippen LogP contribution in [-0.4, -0.2) is 22.6 Å². The summed E-state index contributed by atoms with van der Waals surface area (Å²) < 4.78 is 0. The van der Waals surface area contributed by atoms with Crippen LogP contribution in [0.1, 0.15) is 20.3 Å². The second-order valence-corrected chi connectivity index (χ2v) is 4.87. The average Bonchev–Trinajstić information content (AvgIpc) is 2.04. The fraction of sp³-hybridized carbons (Fsp3) is 0.889. The zero-order chi connectivity index (χ0) is 9.14. The smallest absolute Gasteiger partial charge is 0.307 e. The molecule has 0 spiro atoms. The molecule has 1 fully saturated rings. The third-order valence-electron chi connectivity index (χ3n) is 2.58. The molecule has 0 aromatic heterocycles. The molecule has 0 aromatic carbocycles. The van der Waals surface area contributed by atoms with Gasteiger partial charge in [-0.15, -0.1) is 0 Å². The quantitative estimate of drug-likeness (QED) is 0.721. The Kier molecular flexibility index (Phi) is 3.44. The summed E-state index contributed by atoms with van der Waals surface area (Å²) in [6, 6.07) is 0. The largest absolute Gasteiger partial charge is 0.481 e. The fourth-order valence-electron chi connectivity index (χ4n) is 1.81. The summed E-state index contributed by atoms with van der Waals surface area (Å²) in [5, 5.41) is 8.94. The van der Waals surface area contributed by atoms with Crippen LogP contribution in [0.2, 0.25) is 0 Å². The van der Waals surface area contributed by atoms with Crippen molar-refractivity contribution in [1.82, 2.24) is 0 Å². The lowest BCUT2D eigenvalue weighted by atomic mass is 9.82. The molecule has 0 aliphatic carbocycles. The fourth-order valence-corrected chi connectivity index (χ4v) is 3.06. The minimum absolute atomic E-state index is 0.108. The number of carboxylic acid groups (broad SMARTS) is 1. The molecule has 12 heavy (non-hydrogen) atoms. The van der Waals surface area contributed by atoms with Crippen molar-refractivity contribution in [3.63, 3.8) is 0 Å². The number of rotatable bonds is 2. The summed E-state index contributed by atoms with van der Waals surface area (Å²) >= 11 is 1.77. The summed E-state index contributed by atoms with van der Waals surface area (Å²) in [5.41, 5.74) is 0. The number of thioether (sulfide) groups is 1. The van der Waals surface area contributed by atoms with Crippen molar-refractivity contribution in [3.05, 3.63) is 0 Å². The van der Waals surface area contributed by atoms with E-state index in [4.69, 9.17) is 5.11 Å². The summed E-state index contributed by atoms with van der Waals surface area (Å²) in [6.07, 6.45) is 1.07. The van der Waals surface area contributed by atoms with E-state index in [1.807, 2.05) is 0 Å². The predicted molar refractivity (Wildman–Crippen MR) is 51.4 cm³/mol. The van der Waals surface area contributed by atoms with Crippen molar-refractivity contribution in [2.75, 3.05) is 11.5 Å². The van der Waals surface area contributed by atoms with Crippen LogP contribution in [0.4, 0.5) is 0 Å². The van der Waals surface area contributed by atoms with Gasteiger partial charge in [0.25, 0.3) is 0 Å². The average molecular weight is 188 g/mol. The van der Waals surface area contributed by atoms with Crippen molar-refractivity contribution in [1.29, 1.82) is 0 Å². The summed E-state index contributed by atoms with van der Waals surface area (Å²) in [4.78, 5) is 10.9. The zero-order valence-corrected chi connectivity index (χ0v) is 8.43.